The van der Waals surface area contributed by atoms with Gasteiger partial charge in [-0.1, -0.05) is 13.0 Å². The van der Waals surface area contributed by atoms with Crippen LogP contribution in [0, 0.1) is 5.82 Å². The third kappa shape index (κ3) is 7.53. The Morgan fingerprint density at radius 3 is 2.72 bits per heavy atom. The highest BCUT2D eigenvalue weighted by atomic mass is 19.1. The van der Waals surface area contributed by atoms with E-state index in [9.17, 15) is 9.59 Å². The first kappa shape index (κ1) is 31.1. The number of rotatable bonds is 16. The molecule has 2 aromatic carbocycles. The molecule has 43 heavy (non-hydrogen) atoms. The Morgan fingerprint density at radius 2 is 1.98 bits per heavy atom. The Balaban J connectivity index is 1.47. The summed E-state index contributed by atoms with van der Waals surface area (Å²) < 4.78 is 27.6. The number of allylic oxidation sites excluding steroid dienone is 1. The van der Waals surface area contributed by atoms with Crippen molar-refractivity contribution in [2.24, 2.45) is 0 Å². The number of hydrogen-bond donors (Lipinski definition) is 4. The molecule has 1 amide bonds. The van der Waals surface area contributed by atoms with Crippen molar-refractivity contribution in [3.05, 3.63) is 84.1 Å². The lowest BCUT2D eigenvalue weighted by molar-refractivity contribution is -0.136. The zero-order valence-electron chi connectivity index (χ0n) is 24.2. The molecule has 12 heteroatoms. The van der Waals surface area contributed by atoms with Gasteiger partial charge in [-0.15, -0.1) is 6.58 Å². The van der Waals surface area contributed by atoms with E-state index >= 15 is 4.39 Å². The zero-order valence-corrected chi connectivity index (χ0v) is 24.2. The van der Waals surface area contributed by atoms with Crippen LogP contribution < -0.4 is 20.7 Å². The monoisotopic (exact) mass is 590 g/mol. The van der Waals surface area contributed by atoms with Crippen LogP contribution in [0.25, 0.3) is 16.9 Å². The fraction of sp³-hybridized carbons (Fsp3) is 0.290. The number of carboxylic acids is 1. The number of halogens is 1. The summed E-state index contributed by atoms with van der Waals surface area (Å²) in [6.07, 6.45) is 7.68. The molecule has 226 valence electrons. The molecule has 2 aromatic heterocycles. The number of imidazole rings is 1. The summed E-state index contributed by atoms with van der Waals surface area (Å²) in [5, 5.41) is 17.5. The Morgan fingerprint density at radius 1 is 1.16 bits per heavy atom. The third-order valence-corrected chi connectivity index (χ3v) is 6.70. The second-order valence-corrected chi connectivity index (χ2v) is 9.50. The lowest BCUT2D eigenvalue weighted by Crippen LogP contribution is -2.30. The molecular weight excluding hydrogens is 555 g/mol. The van der Waals surface area contributed by atoms with Crippen LogP contribution in [0.4, 0.5) is 15.9 Å². The van der Waals surface area contributed by atoms with Crippen molar-refractivity contribution < 1.29 is 28.6 Å². The first-order valence-electron chi connectivity index (χ1n) is 13.8. The van der Waals surface area contributed by atoms with Crippen molar-refractivity contribution in [3.8, 4) is 17.0 Å². The fourth-order valence-corrected chi connectivity index (χ4v) is 4.64. The molecule has 0 fully saturated rings. The molecule has 0 saturated heterocycles. The number of methoxy groups -OCH3 is 1. The number of carbonyl (C=O) groups excluding carboxylic acids is 1. The van der Waals surface area contributed by atoms with Crippen LogP contribution in [0.2, 0.25) is 0 Å². The number of ether oxygens (including phenoxy) is 2. The predicted octanol–water partition coefficient (Wildman–Crippen LogP) is 4.00. The van der Waals surface area contributed by atoms with Crippen LogP contribution in [-0.4, -0.2) is 71.3 Å². The number of amides is 1. The summed E-state index contributed by atoms with van der Waals surface area (Å²) in [4.78, 5) is 32.4. The number of carbonyl (C=O) groups is 2. The SMILES string of the molecule is C=CCc1c(-c2cnc3c(Nc4ccc(C(=O)NCCOCCNCC(=O)O)c(CC)c4)nccn23)ccc(OC)c1F. The number of hydrogen-bond acceptors (Lipinski definition) is 8. The maximum absolute atomic E-state index is 15.1. The van der Waals surface area contributed by atoms with Gasteiger partial charge in [-0.05, 0) is 48.7 Å². The van der Waals surface area contributed by atoms with E-state index in [0.29, 0.717) is 73.0 Å². The van der Waals surface area contributed by atoms with Crippen LogP contribution >= 0.6 is 0 Å². The quantitative estimate of drug-likeness (QED) is 0.113. The van der Waals surface area contributed by atoms with Crippen molar-refractivity contribution in [2.75, 3.05) is 45.3 Å². The van der Waals surface area contributed by atoms with E-state index in [1.54, 1.807) is 48.9 Å². The normalized spacial score (nSPS) is 11.0. The van der Waals surface area contributed by atoms with E-state index in [0.717, 1.165) is 11.3 Å². The van der Waals surface area contributed by atoms with Crippen LogP contribution in [0.1, 0.15) is 28.4 Å². The number of aromatic nitrogens is 3. The zero-order chi connectivity index (χ0) is 30.8. The van der Waals surface area contributed by atoms with E-state index in [2.05, 4.69) is 32.5 Å². The van der Waals surface area contributed by atoms with Gasteiger partial charge in [0.2, 0.25) is 0 Å². The Bertz CT molecular complexity index is 1610. The minimum Gasteiger partial charge on any atom is -0.494 e. The van der Waals surface area contributed by atoms with Gasteiger partial charge in [0.15, 0.2) is 23.0 Å². The van der Waals surface area contributed by atoms with Gasteiger partial charge in [0.1, 0.15) is 0 Å². The number of aryl methyl sites for hydroxylation is 1. The minimum atomic E-state index is -0.926. The van der Waals surface area contributed by atoms with Crippen LogP contribution in [0.5, 0.6) is 5.75 Å². The first-order valence-corrected chi connectivity index (χ1v) is 13.8. The average Bonchev–Trinajstić information content (AvgIpc) is 3.44. The number of fused-ring (bicyclic) bond motifs is 1. The highest BCUT2D eigenvalue weighted by molar-refractivity contribution is 5.96. The maximum atomic E-state index is 15.1. The van der Waals surface area contributed by atoms with Gasteiger partial charge in [0, 0.05) is 47.9 Å². The van der Waals surface area contributed by atoms with Gasteiger partial charge >= 0.3 is 5.97 Å². The van der Waals surface area contributed by atoms with Crippen LogP contribution in [0.15, 0.2) is 61.6 Å². The molecule has 0 bridgehead atoms. The number of carboxylic acid groups (broad SMARTS) is 1. The molecule has 0 saturated carbocycles. The molecule has 2 heterocycles. The molecule has 4 N–H and O–H groups in total. The lowest BCUT2D eigenvalue weighted by Gasteiger charge is -2.14. The van der Waals surface area contributed by atoms with E-state index < -0.39 is 11.8 Å². The standard InChI is InChI=1S/C31H35FN6O5/c1-4-6-24-23(9-10-26(42-3)28(24)32)25-18-36-30-29(34-11-14-38(25)30)37-21-7-8-22(20(5-2)17-21)31(41)35-13-16-43-15-12-33-19-27(39)40/h4,7-11,14,17-18,33H,1,5-6,12-13,15-16,19H2,2-3H3,(H,34,37)(H,35,41)(H,39,40). The Kier molecular flexibility index (Phi) is 10.8. The molecule has 4 rings (SSSR count). The first-order chi connectivity index (χ1) is 20.9. The lowest BCUT2D eigenvalue weighted by atomic mass is 10.0. The van der Waals surface area contributed by atoms with E-state index in [-0.39, 0.29) is 18.2 Å². The van der Waals surface area contributed by atoms with Crippen LogP contribution in [0.3, 0.4) is 0 Å². The Hall–Kier alpha value is -4.81. The number of benzene rings is 2. The van der Waals surface area contributed by atoms with Gasteiger partial charge in [0.25, 0.3) is 5.91 Å². The van der Waals surface area contributed by atoms with Crippen molar-refractivity contribution in [1.29, 1.82) is 0 Å². The number of nitrogens with zero attached hydrogens (tertiary/aromatic N) is 3. The molecule has 0 aliphatic heterocycles. The van der Waals surface area contributed by atoms with E-state index in [4.69, 9.17) is 14.6 Å². The number of anilines is 2. The molecule has 0 atom stereocenters. The molecule has 11 nitrogen and oxygen atoms in total. The summed E-state index contributed by atoms with van der Waals surface area (Å²) in [6.45, 7) is 6.99. The number of aliphatic carboxylic acids is 1. The second-order valence-electron chi connectivity index (χ2n) is 9.50. The van der Waals surface area contributed by atoms with E-state index in [1.807, 2.05) is 17.4 Å². The van der Waals surface area contributed by atoms with Crippen LogP contribution in [-0.2, 0) is 22.4 Å². The highest BCUT2D eigenvalue weighted by Crippen LogP contribution is 2.33. The maximum Gasteiger partial charge on any atom is 0.317 e. The summed E-state index contributed by atoms with van der Waals surface area (Å²) in [6, 6.07) is 8.86. The van der Waals surface area contributed by atoms with Crippen molar-refractivity contribution in [2.45, 2.75) is 19.8 Å². The fourth-order valence-electron chi connectivity index (χ4n) is 4.64. The minimum absolute atomic E-state index is 0.124. The topological polar surface area (TPSA) is 139 Å². The molecule has 0 radical (unpaired) electrons. The van der Waals surface area contributed by atoms with E-state index in [1.165, 1.54) is 7.11 Å². The second kappa shape index (κ2) is 14.9. The van der Waals surface area contributed by atoms with Gasteiger partial charge in [-0.2, -0.15) is 0 Å². The summed E-state index contributed by atoms with van der Waals surface area (Å²) in [5.41, 5.74) is 4.52. The summed E-state index contributed by atoms with van der Waals surface area (Å²) in [7, 11) is 1.43. The largest absolute Gasteiger partial charge is 0.494 e. The van der Waals surface area contributed by atoms with Crippen molar-refractivity contribution in [3.63, 3.8) is 0 Å². The predicted molar refractivity (Wildman–Crippen MR) is 162 cm³/mol. The number of nitrogens with one attached hydrogen (secondary N) is 3. The highest BCUT2D eigenvalue weighted by Gasteiger charge is 2.19. The summed E-state index contributed by atoms with van der Waals surface area (Å²) >= 11 is 0. The average molecular weight is 591 g/mol. The summed E-state index contributed by atoms with van der Waals surface area (Å²) in [5.74, 6) is -0.905. The van der Waals surface area contributed by atoms with Gasteiger partial charge in [-0.25, -0.2) is 14.4 Å². The Labute approximate surface area is 248 Å². The smallest absolute Gasteiger partial charge is 0.317 e. The van der Waals surface area contributed by atoms with Gasteiger partial charge in [0.05, 0.1) is 38.8 Å². The van der Waals surface area contributed by atoms with Crippen molar-refractivity contribution >= 4 is 29.0 Å². The molecule has 0 spiro atoms. The molecular formula is C31H35FN6O5. The molecule has 0 aliphatic rings. The third-order valence-electron chi connectivity index (χ3n) is 6.70. The van der Waals surface area contributed by atoms with Crippen molar-refractivity contribution in [1.82, 2.24) is 25.0 Å². The molecule has 0 aliphatic carbocycles. The van der Waals surface area contributed by atoms with Gasteiger partial charge in [-0.3, -0.25) is 14.0 Å². The molecule has 4 aromatic rings. The van der Waals surface area contributed by atoms with Gasteiger partial charge < -0.3 is 30.5 Å². The molecule has 0 unspecified atom stereocenters.